The Morgan fingerprint density at radius 2 is 1.74 bits per heavy atom. The number of hydrogen-bond donors (Lipinski definition) is 2. The fourth-order valence-corrected chi connectivity index (χ4v) is 4.31. The van der Waals surface area contributed by atoms with E-state index in [0.29, 0.717) is 5.56 Å². The summed E-state index contributed by atoms with van der Waals surface area (Å²) in [5, 5.41) is 12.4. The molecule has 0 aliphatic heterocycles. The third-order valence-electron chi connectivity index (χ3n) is 5.93. The molecule has 0 aliphatic carbocycles. The largest absolute Gasteiger partial charge is 0.481 e. The zero-order valence-corrected chi connectivity index (χ0v) is 20.2. The molecule has 0 saturated carbocycles. The van der Waals surface area contributed by atoms with E-state index in [0.717, 1.165) is 27.8 Å². The predicted molar refractivity (Wildman–Crippen MR) is 132 cm³/mol. The number of rotatable bonds is 8. The zero-order chi connectivity index (χ0) is 25.0. The van der Waals surface area contributed by atoms with Crippen LogP contribution >= 0.6 is 0 Å². The second-order valence-electron chi connectivity index (χ2n) is 9.07. The molecule has 34 heavy (non-hydrogen) atoms. The molecule has 178 valence electrons. The maximum Gasteiger partial charge on any atom is 0.305 e. The molecule has 2 aromatic heterocycles. The molecule has 0 bridgehead atoms. The van der Waals surface area contributed by atoms with Crippen LogP contribution in [0.2, 0.25) is 0 Å². The lowest BCUT2D eigenvalue weighted by Crippen LogP contribution is -2.41. The monoisotopic (exact) mass is 461 g/mol. The lowest BCUT2D eigenvalue weighted by molar-refractivity contribution is -0.138. The van der Waals surface area contributed by atoms with Crippen molar-refractivity contribution in [2.24, 2.45) is 5.92 Å². The lowest BCUT2D eigenvalue weighted by atomic mass is 9.94. The van der Waals surface area contributed by atoms with Crippen molar-refractivity contribution < 1.29 is 14.7 Å². The van der Waals surface area contributed by atoms with E-state index in [9.17, 15) is 19.5 Å². The van der Waals surface area contributed by atoms with Gasteiger partial charge in [0, 0.05) is 30.2 Å². The van der Waals surface area contributed by atoms with Crippen LogP contribution in [0, 0.1) is 26.7 Å². The maximum absolute atomic E-state index is 13.4. The van der Waals surface area contributed by atoms with E-state index in [1.54, 1.807) is 24.7 Å². The van der Waals surface area contributed by atoms with Crippen molar-refractivity contribution in [3.05, 3.63) is 87.6 Å². The van der Waals surface area contributed by atoms with Gasteiger partial charge in [0.2, 0.25) is 5.91 Å². The van der Waals surface area contributed by atoms with Crippen molar-refractivity contribution >= 4 is 11.9 Å². The van der Waals surface area contributed by atoms with Crippen LogP contribution in [0.4, 0.5) is 0 Å². The normalized spacial score (nSPS) is 12.9. The van der Waals surface area contributed by atoms with Crippen LogP contribution in [0.25, 0.3) is 11.1 Å². The van der Waals surface area contributed by atoms with Gasteiger partial charge in [-0.1, -0.05) is 32.0 Å². The highest BCUT2D eigenvalue weighted by molar-refractivity contribution is 5.82. The van der Waals surface area contributed by atoms with Crippen LogP contribution in [-0.4, -0.2) is 26.5 Å². The van der Waals surface area contributed by atoms with Gasteiger partial charge in [-0.2, -0.15) is 0 Å². The quantitative estimate of drug-likeness (QED) is 0.519. The second-order valence-corrected chi connectivity index (χ2v) is 9.07. The van der Waals surface area contributed by atoms with Crippen LogP contribution in [-0.2, 0) is 9.59 Å². The SMILES string of the molecule is Cc1ccn([C@H](C(=O)N[C@@H](CC(=O)O)c2cncc(-c3c(C)cccc3C)c2)C(C)C)c(=O)c1. The molecule has 0 spiro atoms. The average Bonchev–Trinajstić information content (AvgIpc) is 2.74. The number of benzene rings is 1. The Morgan fingerprint density at radius 3 is 2.32 bits per heavy atom. The molecule has 0 saturated heterocycles. The summed E-state index contributed by atoms with van der Waals surface area (Å²) in [7, 11) is 0. The van der Waals surface area contributed by atoms with Gasteiger partial charge in [0.05, 0.1) is 12.5 Å². The summed E-state index contributed by atoms with van der Waals surface area (Å²) in [5.41, 5.74) is 5.17. The summed E-state index contributed by atoms with van der Waals surface area (Å²) in [4.78, 5) is 41.9. The summed E-state index contributed by atoms with van der Waals surface area (Å²) >= 11 is 0. The van der Waals surface area contributed by atoms with E-state index in [1.807, 2.05) is 58.9 Å². The van der Waals surface area contributed by atoms with Gasteiger partial charge in [-0.25, -0.2) is 0 Å². The standard InChI is InChI=1S/C27H31N3O4/c1-16(2)26(30-10-9-17(3)11-23(30)31)27(34)29-22(13-24(32)33)20-12-21(15-28-14-20)25-18(4)7-6-8-19(25)5/h6-12,14-16,22,26H,13H2,1-5H3,(H,29,34)(H,32,33)/t22-,26-/m0/s1. The Labute approximate surface area is 199 Å². The Morgan fingerprint density at radius 1 is 1.06 bits per heavy atom. The number of carbonyl (C=O) groups is 2. The van der Waals surface area contributed by atoms with Crippen LogP contribution < -0.4 is 10.9 Å². The molecule has 0 fully saturated rings. The number of nitrogens with one attached hydrogen (secondary N) is 1. The van der Waals surface area contributed by atoms with Crippen molar-refractivity contribution in [1.82, 2.24) is 14.9 Å². The maximum atomic E-state index is 13.4. The number of hydrogen-bond acceptors (Lipinski definition) is 4. The fraction of sp³-hybridized carbons (Fsp3) is 0.333. The minimum Gasteiger partial charge on any atom is -0.481 e. The molecule has 3 rings (SSSR count). The van der Waals surface area contributed by atoms with Gasteiger partial charge in [0.1, 0.15) is 6.04 Å². The highest BCUT2D eigenvalue weighted by atomic mass is 16.4. The summed E-state index contributed by atoms with van der Waals surface area (Å²) < 4.78 is 1.40. The van der Waals surface area contributed by atoms with E-state index in [-0.39, 0.29) is 17.9 Å². The topological polar surface area (TPSA) is 101 Å². The third kappa shape index (κ3) is 5.60. The summed E-state index contributed by atoms with van der Waals surface area (Å²) in [5.74, 6) is -1.65. The number of amides is 1. The van der Waals surface area contributed by atoms with Gasteiger partial charge < -0.3 is 15.0 Å². The van der Waals surface area contributed by atoms with Gasteiger partial charge in [-0.05, 0) is 66.6 Å². The second kappa shape index (κ2) is 10.5. The summed E-state index contributed by atoms with van der Waals surface area (Å²) in [6.45, 7) is 9.54. The molecule has 0 unspecified atom stereocenters. The Kier molecular flexibility index (Phi) is 7.66. The minimum absolute atomic E-state index is 0.190. The van der Waals surface area contributed by atoms with Gasteiger partial charge in [0.25, 0.3) is 5.56 Å². The number of nitrogens with zero attached hydrogens (tertiary/aromatic N) is 2. The van der Waals surface area contributed by atoms with E-state index in [2.05, 4.69) is 10.3 Å². The smallest absolute Gasteiger partial charge is 0.305 e. The van der Waals surface area contributed by atoms with E-state index in [1.165, 1.54) is 10.6 Å². The molecule has 7 heteroatoms. The fourth-order valence-electron chi connectivity index (χ4n) is 4.31. The number of carbonyl (C=O) groups excluding carboxylic acids is 1. The van der Waals surface area contributed by atoms with Gasteiger partial charge >= 0.3 is 5.97 Å². The first kappa shape index (κ1) is 24.9. The zero-order valence-electron chi connectivity index (χ0n) is 20.2. The number of aliphatic carboxylic acids is 1. The Bertz CT molecular complexity index is 1240. The summed E-state index contributed by atoms with van der Waals surface area (Å²) in [6, 6.07) is 9.56. The molecular formula is C27H31N3O4. The average molecular weight is 462 g/mol. The third-order valence-corrected chi connectivity index (χ3v) is 5.93. The van der Waals surface area contributed by atoms with Crippen molar-refractivity contribution in [2.75, 3.05) is 0 Å². The molecule has 3 aromatic rings. The first-order valence-corrected chi connectivity index (χ1v) is 11.3. The lowest BCUT2D eigenvalue weighted by Gasteiger charge is -2.26. The summed E-state index contributed by atoms with van der Waals surface area (Å²) in [6.07, 6.45) is 4.61. The van der Waals surface area contributed by atoms with E-state index in [4.69, 9.17) is 0 Å². The number of carboxylic acid groups (broad SMARTS) is 1. The van der Waals surface area contributed by atoms with Crippen molar-refractivity contribution in [1.29, 1.82) is 0 Å². The number of carboxylic acids is 1. The van der Waals surface area contributed by atoms with Gasteiger partial charge in [-0.3, -0.25) is 19.4 Å². The molecule has 2 N–H and O–H groups in total. The van der Waals surface area contributed by atoms with Crippen molar-refractivity contribution in [3.8, 4) is 11.1 Å². The first-order valence-electron chi connectivity index (χ1n) is 11.3. The van der Waals surface area contributed by atoms with Crippen molar-refractivity contribution in [2.45, 2.75) is 53.1 Å². The highest BCUT2D eigenvalue weighted by Gasteiger charge is 2.28. The molecule has 2 heterocycles. The molecule has 0 aliphatic rings. The predicted octanol–water partition coefficient (Wildman–Crippen LogP) is 4.36. The minimum atomic E-state index is -1.05. The molecule has 1 aromatic carbocycles. The number of pyridine rings is 2. The highest BCUT2D eigenvalue weighted by Crippen LogP contribution is 2.29. The van der Waals surface area contributed by atoms with Crippen molar-refractivity contribution in [3.63, 3.8) is 0 Å². The molecule has 2 atom stereocenters. The molecule has 0 radical (unpaired) electrons. The van der Waals surface area contributed by atoms with Crippen LogP contribution in [0.5, 0.6) is 0 Å². The Balaban J connectivity index is 1.98. The van der Waals surface area contributed by atoms with Crippen LogP contribution in [0.3, 0.4) is 0 Å². The Hall–Kier alpha value is -3.74. The van der Waals surface area contributed by atoms with E-state index < -0.39 is 24.0 Å². The van der Waals surface area contributed by atoms with Gasteiger partial charge in [-0.15, -0.1) is 0 Å². The van der Waals surface area contributed by atoms with Crippen LogP contribution in [0.15, 0.2) is 59.8 Å². The number of aromatic nitrogens is 2. The first-order chi connectivity index (χ1) is 16.1. The van der Waals surface area contributed by atoms with E-state index >= 15 is 0 Å². The molecule has 1 amide bonds. The van der Waals surface area contributed by atoms with Gasteiger partial charge in [0.15, 0.2) is 0 Å². The van der Waals surface area contributed by atoms with Crippen LogP contribution in [0.1, 0.15) is 54.6 Å². The number of aryl methyl sites for hydroxylation is 3. The molecular weight excluding hydrogens is 430 g/mol. The molecule has 7 nitrogen and oxygen atoms in total.